The van der Waals surface area contributed by atoms with Gasteiger partial charge in [0.1, 0.15) is 4.90 Å². The number of H-pyrrole nitrogens is 1. The minimum absolute atomic E-state index is 0.0943. The number of hydrogen-bond donors (Lipinski definition) is 3. The lowest BCUT2D eigenvalue weighted by Crippen LogP contribution is -2.33. The molecular formula is C11H14N4O2S. The fourth-order valence-electron chi connectivity index (χ4n) is 1.58. The van der Waals surface area contributed by atoms with E-state index in [1.54, 1.807) is 0 Å². The van der Waals surface area contributed by atoms with E-state index in [0.717, 1.165) is 5.56 Å². The number of rotatable bonds is 5. The summed E-state index contributed by atoms with van der Waals surface area (Å²) in [5, 5.41) is 6.09. The van der Waals surface area contributed by atoms with E-state index in [1.165, 1.54) is 12.4 Å². The molecule has 1 aromatic heterocycles. The van der Waals surface area contributed by atoms with Crippen LogP contribution in [0, 0.1) is 0 Å². The van der Waals surface area contributed by atoms with Gasteiger partial charge in [-0.3, -0.25) is 5.10 Å². The van der Waals surface area contributed by atoms with Crippen LogP contribution in [0.3, 0.4) is 0 Å². The molecule has 0 saturated carbocycles. The molecule has 0 amide bonds. The highest BCUT2D eigenvalue weighted by molar-refractivity contribution is 7.89. The molecule has 0 bridgehead atoms. The Morgan fingerprint density at radius 1 is 1.33 bits per heavy atom. The molecule has 0 spiro atoms. The molecule has 0 aliphatic rings. The number of nitrogens with zero attached hydrogens (tertiary/aromatic N) is 1. The van der Waals surface area contributed by atoms with E-state index in [9.17, 15) is 8.42 Å². The van der Waals surface area contributed by atoms with E-state index in [0.29, 0.717) is 0 Å². The number of nitrogens with two attached hydrogens (primary N) is 1. The van der Waals surface area contributed by atoms with Crippen molar-refractivity contribution in [3.05, 3.63) is 48.3 Å². The quantitative estimate of drug-likeness (QED) is 0.728. The molecule has 1 aromatic carbocycles. The Balaban J connectivity index is 2.22. The molecule has 4 N–H and O–H groups in total. The second-order valence-corrected chi connectivity index (χ2v) is 5.47. The molecule has 2 rings (SSSR count). The topological polar surface area (TPSA) is 101 Å². The van der Waals surface area contributed by atoms with E-state index in [2.05, 4.69) is 14.9 Å². The fourth-order valence-corrected chi connectivity index (χ4v) is 2.72. The van der Waals surface area contributed by atoms with Gasteiger partial charge in [0.05, 0.1) is 12.2 Å². The Labute approximate surface area is 105 Å². The second-order valence-electron chi connectivity index (χ2n) is 3.75. The van der Waals surface area contributed by atoms with Gasteiger partial charge < -0.3 is 5.73 Å². The summed E-state index contributed by atoms with van der Waals surface area (Å²) in [6.45, 7) is 0.182. The van der Waals surface area contributed by atoms with Gasteiger partial charge in [0.15, 0.2) is 0 Å². The summed E-state index contributed by atoms with van der Waals surface area (Å²) in [6.07, 6.45) is 2.57. The Kier molecular flexibility index (Phi) is 3.75. The third-order valence-electron chi connectivity index (χ3n) is 2.52. The first-order chi connectivity index (χ1) is 8.63. The number of hydrogen-bond acceptors (Lipinski definition) is 4. The Bertz CT molecular complexity index is 581. The van der Waals surface area contributed by atoms with E-state index in [4.69, 9.17) is 5.73 Å². The minimum Gasteiger partial charge on any atom is -0.329 e. The maximum absolute atomic E-state index is 12.0. The molecule has 0 fully saturated rings. The summed E-state index contributed by atoms with van der Waals surface area (Å²) >= 11 is 0. The first-order valence-corrected chi connectivity index (χ1v) is 6.88. The first-order valence-electron chi connectivity index (χ1n) is 5.39. The second kappa shape index (κ2) is 5.30. The van der Waals surface area contributed by atoms with Crippen LogP contribution < -0.4 is 10.5 Å². The lowest BCUT2D eigenvalue weighted by Gasteiger charge is -2.16. The van der Waals surface area contributed by atoms with E-state index >= 15 is 0 Å². The zero-order chi connectivity index (χ0) is 13.0. The molecule has 0 aliphatic heterocycles. The van der Waals surface area contributed by atoms with Gasteiger partial charge in [0.2, 0.25) is 10.0 Å². The highest BCUT2D eigenvalue weighted by Crippen LogP contribution is 2.15. The largest absolute Gasteiger partial charge is 0.329 e. The molecule has 96 valence electrons. The summed E-state index contributed by atoms with van der Waals surface area (Å²) < 4.78 is 26.6. The van der Waals surface area contributed by atoms with Crippen molar-refractivity contribution in [3.8, 4) is 0 Å². The van der Waals surface area contributed by atoms with E-state index in [1.807, 2.05) is 30.3 Å². The zero-order valence-corrected chi connectivity index (χ0v) is 10.4. The molecule has 0 radical (unpaired) electrons. The van der Waals surface area contributed by atoms with Gasteiger partial charge in [-0.15, -0.1) is 0 Å². The van der Waals surface area contributed by atoms with Crippen LogP contribution in [-0.2, 0) is 10.0 Å². The number of nitrogens with one attached hydrogen (secondary N) is 2. The molecular weight excluding hydrogens is 252 g/mol. The molecule has 1 heterocycles. The Morgan fingerprint density at radius 3 is 2.61 bits per heavy atom. The number of sulfonamides is 1. The van der Waals surface area contributed by atoms with E-state index in [-0.39, 0.29) is 11.4 Å². The Hall–Kier alpha value is -1.70. The van der Waals surface area contributed by atoms with Crippen molar-refractivity contribution in [1.82, 2.24) is 14.9 Å². The number of aromatic amines is 1. The maximum Gasteiger partial charge on any atom is 0.244 e. The predicted octanol–water partition coefficient (Wildman–Crippen LogP) is 0.388. The SMILES string of the molecule is NCC(NS(=O)(=O)c1cn[nH]c1)c1ccccc1. The van der Waals surface area contributed by atoms with Gasteiger partial charge in [-0.05, 0) is 5.56 Å². The van der Waals surface area contributed by atoms with Crippen LogP contribution in [0.25, 0.3) is 0 Å². The monoisotopic (exact) mass is 266 g/mol. The summed E-state index contributed by atoms with van der Waals surface area (Å²) in [5.41, 5.74) is 6.44. The van der Waals surface area contributed by atoms with Crippen molar-refractivity contribution in [2.45, 2.75) is 10.9 Å². The highest BCUT2D eigenvalue weighted by Gasteiger charge is 2.20. The average molecular weight is 266 g/mol. The smallest absolute Gasteiger partial charge is 0.244 e. The number of benzene rings is 1. The molecule has 0 saturated heterocycles. The van der Waals surface area contributed by atoms with Crippen LogP contribution in [0.4, 0.5) is 0 Å². The maximum atomic E-state index is 12.0. The first kappa shape index (κ1) is 12.7. The van der Waals surface area contributed by atoms with Gasteiger partial charge in [0.25, 0.3) is 0 Å². The van der Waals surface area contributed by atoms with Crippen LogP contribution in [0.15, 0.2) is 47.6 Å². The summed E-state index contributed by atoms with van der Waals surface area (Å²) in [6, 6.07) is 8.74. The summed E-state index contributed by atoms with van der Waals surface area (Å²) in [7, 11) is -3.60. The van der Waals surface area contributed by atoms with Crippen molar-refractivity contribution in [1.29, 1.82) is 0 Å². The number of aromatic nitrogens is 2. The molecule has 6 nitrogen and oxygen atoms in total. The molecule has 7 heteroatoms. The predicted molar refractivity (Wildman–Crippen MR) is 67.1 cm³/mol. The standard InChI is InChI=1S/C11H14N4O2S/c12-6-11(9-4-2-1-3-5-9)15-18(16,17)10-7-13-14-8-10/h1-5,7-8,11,15H,6,12H2,(H,13,14). The van der Waals surface area contributed by atoms with Gasteiger partial charge >= 0.3 is 0 Å². The van der Waals surface area contributed by atoms with Crippen LogP contribution in [-0.4, -0.2) is 25.2 Å². The molecule has 18 heavy (non-hydrogen) atoms. The molecule has 2 aromatic rings. The van der Waals surface area contributed by atoms with Gasteiger partial charge in [-0.25, -0.2) is 13.1 Å². The third-order valence-corrected chi connectivity index (χ3v) is 3.96. The van der Waals surface area contributed by atoms with Gasteiger partial charge in [-0.2, -0.15) is 5.10 Å². The summed E-state index contributed by atoms with van der Waals surface area (Å²) in [5.74, 6) is 0. The minimum atomic E-state index is -3.60. The van der Waals surface area contributed by atoms with Gasteiger partial charge in [0, 0.05) is 12.7 Å². The van der Waals surface area contributed by atoms with Gasteiger partial charge in [-0.1, -0.05) is 30.3 Å². The highest BCUT2D eigenvalue weighted by atomic mass is 32.2. The van der Waals surface area contributed by atoms with Crippen molar-refractivity contribution < 1.29 is 8.42 Å². The van der Waals surface area contributed by atoms with E-state index < -0.39 is 16.1 Å². The van der Waals surface area contributed by atoms with Crippen molar-refractivity contribution >= 4 is 10.0 Å². The Morgan fingerprint density at radius 2 is 2.06 bits per heavy atom. The van der Waals surface area contributed by atoms with Crippen LogP contribution in [0.5, 0.6) is 0 Å². The molecule has 1 atom stereocenters. The van der Waals surface area contributed by atoms with Crippen LogP contribution in [0.1, 0.15) is 11.6 Å². The van der Waals surface area contributed by atoms with Crippen LogP contribution >= 0.6 is 0 Å². The normalized spacial score (nSPS) is 13.4. The average Bonchev–Trinajstić information content (AvgIpc) is 2.92. The van der Waals surface area contributed by atoms with Crippen LogP contribution in [0.2, 0.25) is 0 Å². The lowest BCUT2D eigenvalue weighted by atomic mass is 10.1. The zero-order valence-electron chi connectivity index (χ0n) is 9.58. The molecule has 1 unspecified atom stereocenters. The van der Waals surface area contributed by atoms with Crippen molar-refractivity contribution in [2.75, 3.05) is 6.54 Å². The van der Waals surface area contributed by atoms with Crippen molar-refractivity contribution in [2.24, 2.45) is 5.73 Å². The van der Waals surface area contributed by atoms with Crippen molar-refractivity contribution in [3.63, 3.8) is 0 Å². The summed E-state index contributed by atoms with van der Waals surface area (Å²) in [4.78, 5) is 0.0943. The fraction of sp³-hybridized carbons (Fsp3) is 0.182. The third kappa shape index (κ3) is 2.76. The lowest BCUT2D eigenvalue weighted by molar-refractivity contribution is 0.558. The molecule has 0 aliphatic carbocycles.